The molecule has 1 aromatic rings. The van der Waals surface area contributed by atoms with E-state index < -0.39 is 5.97 Å². The Labute approximate surface area is 108 Å². The van der Waals surface area contributed by atoms with E-state index in [1.807, 2.05) is 0 Å². The van der Waals surface area contributed by atoms with Crippen molar-refractivity contribution in [3.05, 3.63) is 29.8 Å². The molecule has 2 N–H and O–H groups in total. The first kappa shape index (κ1) is 14.5. The van der Waals surface area contributed by atoms with Gasteiger partial charge in [0.1, 0.15) is 12.4 Å². The lowest BCUT2D eigenvalue weighted by molar-refractivity contribution is 0.0697. The summed E-state index contributed by atoms with van der Waals surface area (Å²) in [6.45, 7) is 5.70. The Balaban J connectivity index is 2.29. The summed E-state index contributed by atoms with van der Waals surface area (Å²) < 4.78 is 5.52. The Bertz CT molecular complexity index is 358. The summed E-state index contributed by atoms with van der Waals surface area (Å²) >= 11 is 0. The summed E-state index contributed by atoms with van der Waals surface area (Å²) in [6, 6.07) is 7.00. The molecule has 4 heteroatoms. The molecule has 0 amide bonds. The van der Waals surface area contributed by atoms with Gasteiger partial charge >= 0.3 is 5.97 Å². The molecule has 0 unspecified atom stereocenters. The van der Waals surface area contributed by atoms with Gasteiger partial charge in [0, 0.05) is 12.6 Å². The topological polar surface area (TPSA) is 58.6 Å². The van der Waals surface area contributed by atoms with Crippen LogP contribution in [-0.2, 0) is 0 Å². The minimum Gasteiger partial charge on any atom is -0.492 e. The van der Waals surface area contributed by atoms with Crippen LogP contribution in [0.15, 0.2) is 24.3 Å². The Morgan fingerprint density at radius 2 is 1.89 bits per heavy atom. The maximum atomic E-state index is 10.7. The predicted octanol–water partition coefficient (Wildman–Crippen LogP) is 2.54. The van der Waals surface area contributed by atoms with E-state index in [4.69, 9.17) is 9.84 Å². The first-order valence-electron chi connectivity index (χ1n) is 6.36. The third-order valence-corrected chi connectivity index (χ3v) is 2.89. The molecular formula is C14H21NO3. The lowest BCUT2D eigenvalue weighted by atomic mass is 10.2. The van der Waals surface area contributed by atoms with Crippen LogP contribution in [0.1, 0.15) is 37.0 Å². The zero-order valence-corrected chi connectivity index (χ0v) is 11.0. The van der Waals surface area contributed by atoms with Crippen molar-refractivity contribution < 1.29 is 14.6 Å². The number of carboxylic acid groups (broad SMARTS) is 1. The average molecular weight is 251 g/mol. The van der Waals surface area contributed by atoms with Crippen molar-refractivity contribution in [2.45, 2.75) is 32.7 Å². The van der Waals surface area contributed by atoms with Gasteiger partial charge in [-0.25, -0.2) is 4.79 Å². The van der Waals surface area contributed by atoms with Crippen molar-refractivity contribution >= 4 is 5.97 Å². The largest absolute Gasteiger partial charge is 0.492 e. The van der Waals surface area contributed by atoms with E-state index in [1.54, 1.807) is 24.3 Å². The highest BCUT2D eigenvalue weighted by atomic mass is 16.5. The number of hydrogen-bond donors (Lipinski definition) is 2. The number of nitrogens with one attached hydrogen (secondary N) is 1. The van der Waals surface area contributed by atoms with Crippen molar-refractivity contribution in [2.24, 2.45) is 0 Å². The highest BCUT2D eigenvalue weighted by Gasteiger charge is 2.03. The highest BCUT2D eigenvalue weighted by molar-refractivity contribution is 5.87. The standard InChI is InChI=1S/C14H21NO3/c1-3-12(4-2)15-9-10-18-13-7-5-11(6-8-13)14(16)17/h5-8,12,15H,3-4,9-10H2,1-2H3,(H,16,17). The summed E-state index contributed by atoms with van der Waals surface area (Å²) in [5.41, 5.74) is 0.275. The fraction of sp³-hybridized carbons (Fsp3) is 0.500. The van der Waals surface area contributed by atoms with Gasteiger partial charge in [-0.05, 0) is 37.1 Å². The molecule has 0 aromatic heterocycles. The predicted molar refractivity (Wildman–Crippen MR) is 71.3 cm³/mol. The van der Waals surface area contributed by atoms with E-state index in [1.165, 1.54) is 0 Å². The smallest absolute Gasteiger partial charge is 0.335 e. The third kappa shape index (κ3) is 4.75. The van der Waals surface area contributed by atoms with Crippen LogP contribution < -0.4 is 10.1 Å². The molecule has 4 nitrogen and oxygen atoms in total. The van der Waals surface area contributed by atoms with Crippen LogP contribution in [0.5, 0.6) is 5.75 Å². The molecule has 0 atom stereocenters. The van der Waals surface area contributed by atoms with Gasteiger partial charge in [0.25, 0.3) is 0 Å². The summed E-state index contributed by atoms with van der Waals surface area (Å²) in [6.07, 6.45) is 2.23. The van der Waals surface area contributed by atoms with E-state index in [0.29, 0.717) is 18.4 Å². The van der Waals surface area contributed by atoms with E-state index >= 15 is 0 Å². The van der Waals surface area contributed by atoms with Gasteiger partial charge in [-0.1, -0.05) is 13.8 Å². The summed E-state index contributed by atoms with van der Waals surface area (Å²) in [5.74, 6) is -0.219. The summed E-state index contributed by atoms with van der Waals surface area (Å²) in [7, 11) is 0. The number of carbonyl (C=O) groups is 1. The van der Waals surface area contributed by atoms with Crippen molar-refractivity contribution in [3.63, 3.8) is 0 Å². The van der Waals surface area contributed by atoms with Crippen LogP contribution in [0.25, 0.3) is 0 Å². The van der Waals surface area contributed by atoms with E-state index in [9.17, 15) is 4.79 Å². The molecule has 0 fully saturated rings. The first-order chi connectivity index (χ1) is 8.67. The fourth-order valence-corrected chi connectivity index (χ4v) is 1.70. The van der Waals surface area contributed by atoms with Crippen molar-refractivity contribution in [2.75, 3.05) is 13.2 Å². The van der Waals surface area contributed by atoms with Crippen LogP contribution in [0.3, 0.4) is 0 Å². The molecule has 0 spiro atoms. The second-order valence-corrected chi connectivity index (χ2v) is 4.15. The Hall–Kier alpha value is -1.55. The zero-order chi connectivity index (χ0) is 13.4. The normalized spacial score (nSPS) is 10.6. The Kier molecular flexibility index (Phi) is 6.22. The molecule has 0 bridgehead atoms. The molecule has 0 radical (unpaired) electrons. The Morgan fingerprint density at radius 3 is 2.39 bits per heavy atom. The minimum absolute atomic E-state index is 0.275. The molecule has 0 heterocycles. The van der Waals surface area contributed by atoms with Crippen LogP contribution >= 0.6 is 0 Å². The molecular weight excluding hydrogens is 230 g/mol. The second-order valence-electron chi connectivity index (χ2n) is 4.15. The van der Waals surface area contributed by atoms with Gasteiger partial charge in [-0.15, -0.1) is 0 Å². The fourth-order valence-electron chi connectivity index (χ4n) is 1.70. The van der Waals surface area contributed by atoms with Gasteiger partial charge < -0.3 is 15.2 Å². The van der Waals surface area contributed by atoms with Crippen LogP contribution in [-0.4, -0.2) is 30.3 Å². The maximum absolute atomic E-state index is 10.7. The third-order valence-electron chi connectivity index (χ3n) is 2.89. The molecule has 0 saturated carbocycles. The maximum Gasteiger partial charge on any atom is 0.335 e. The molecule has 0 aliphatic carbocycles. The van der Waals surface area contributed by atoms with Crippen LogP contribution in [0.2, 0.25) is 0 Å². The number of hydrogen-bond acceptors (Lipinski definition) is 3. The van der Waals surface area contributed by atoms with Gasteiger partial charge in [-0.2, -0.15) is 0 Å². The number of aromatic carboxylic acids is 1. The molecule has 1 rings (SSSR count). The number of ether oxygens (including phenoxy) is 1. The molecule has 1 aromatic carbocycles. The van der Waals surface area contributed by atoms with Crippen molar-refractivity contribution in [1.29, 1.82) is 0 Å². The quantitative estimate of drug-likeness (QED) is 0.697. The number of carboxylic acids is 1. The van der Waals surface area contributed by atoms with Crippen molar-refractivity contribution in [3.8, 4) is 5.75 Å². The zero-order valence-electron chi connectivity index (χ0n) is 11.0. The summed E-state index contributed by atoms with van der Waals surface area (Å²) in [5, 5.41) is 12.2. The van der Waals surface area contributed by atoms with Gasteiger partial charge in [0.15, 0.2) is 0 Å². The first-order valence-corrected chi connectivity index (χ1v) is 6.36. The minimum atomic E-state index is -0.919. The van der Waals surface area contributed by atoms with Gasteiger partial charge in [-0.3, -0.25) is 0 Å². The van der Waals surface area contributed by atoms with Gasteiger partial charge in [0.05, 0.1) is 5.56 Å². The van der Waals surface area contributed by atoms with Crippen LogP contribution in [0, 0.1) is 0 Å². The second kappa shape index (κ2) is 7.71. The lowest BCUT2D eigenvalue weighted by Gasteiger charge is -2.14. The molecule has 18 heavy (non-hydrogen) atoms. The van der Waals surface area contributed by atoms with E-state index in [2.05, 4.69) is 19.2 Å². The monoisotopic (exact) mass is 251 g/mol. The van der Waals surface area contributed by atoms with E-state index in [-0.39, 0.29) is 5.56 Å². The SMILES string of the molecule is CCC(CC)NCCOc1ccc(C(=O)O)cc1. The van der Waals surface area contributed by atoms with Crippen molar-refractivity contribution in [1.82, 2.24) is 5.32 Å². The summed E-state index contributed by atoms with van der Waals surface area (Å²) in [4.78, 5) is 10.7. The van der Waals surface area contributed by atoms with Crippen LogP contribution in [0.4, 0.5) is 0 Å². The number of rotatable bonds is 8. The molecule has 100 valence electrons. The van der Waals surface area contributed by atoms with E-state index in [0.717, 1.165) is 19.4 Å². The number of benzene rings is 1. The molecule has 0 aliphatic rings. The average Bonchev–Trinajstić information content (AvgIpc) is 2.39. The van der Waals surface area contributed by atoms with Gasteiger partial charge in [0.2, 0.25) is 0 Å². The Morgan fingerprint density at radius 1 is 1.28 bits per heavy atom. The highest BCUT2D eigenvalue weighted by Crippen LogP contribution is 2.11. The molecule has 0 aliphatic heterocycles. The molecule has 0 saturated heterocycles. The lowest BCUT2D eigenvalue weighted by Crippen LogP contribution is -2.31.